The Balaban J connectivity index is 2.92. The maximum absolute atomic E-state index is 5.80. The van der Waals surface area contributed by atoms with Gasteiger partial charge in [-0.05, 0) is 32.2 Å². The van der Waals surface area contributed by atoms with Crippen molar-refractivity contribution < 1.29 is 4.74 Å². The Morgan fingerprint density at radius 3 is 2.36 bits per heavy atom. The van der Waals surface area contributed by atoms with Crippen LogP contribution in [0.1, 0.15) is 33.6 Å². The zero-order valence-electron chi connectivity index (χ0n) is 9.68. The number of hydrogen-bond donors (Lipinski definition) is 1. The summed E-state index contributed by atoms with van der Waals surface area (Å²) in [7, 11) is 0. The fraction of sp³-hybridized carbons (Fsp3) is 1.00. The van der Waals surface area contributed by atoms with Crippen molar-refractivity contribution in [3.8, 4) is 0 Å². The smallest absolute Gasteiger partial charge is 0.0590 e. The molecule has 2 nitrogen and oxygen atoms in total. The predicted octanol–water partition coefficient (Wildman–Crippen LogP) is 2.66. The zero-order valence-corrected chi connectivity index (χ0v) is 10.4. The quantitative estimate of drug-likeness (QED) is 0.478. The van der Waals surface area contributed by atoms with Gasteiger partial charge >= 0.3 is 0 Å². The lowest BCUT2D eigenvalue weighted by Crippen LogP contribution is -2.22. The lowest BCUT2D eigenvalue weighted by atomic mass is 10.1. The Bertz CT molecular complexity index is 104. The summed E-state index contributed by atoms with van der Waals surface area (Å²) in [5.74, 6) is 0.736. The van der Waals surface area contributed by atoms with E-state index in [1.54, 1.807) is 0 Å². The van der Waals surface area contributed by atoms with Gasteiger partial charge < -0.3 is 10.1 Å². The summed E-state index contributed by atoms with van der Waals surface area (Å²) in [6.07, 6.45) is 2.17. The van der Waals surface area contributed by atoms with E-state index in [1.807, 2.05) is 6.92 Å². The van der Waals surface area contributed by atoms with Crippen molar-refractivity contribution in [1.29, 1.82) is 0 Å². The van der Waals surface area contributed by atoms with E-state index in [0.29, 0.717) is 0 Å². The van der Waals surface area contributed by atoms with Gasteiger partial charge in [0.2, 0.25) is 0 Å². The molecule has 0 amide bonds. The zero-order chi connectivity index (χ0) is 10.8. The van der Waals surface area contributed by atoms with E-state index in [1.165, 1.54) is 0 Å². The number of hydrogen-bond acceptors (Lipinski definition) is 2. The molecule has 0 heterocycles. The van der Waals surface area contributed by atoms with Crippen LogP contribution in [0.5, 0.6) is 0 Å². The van der Waals surface area contributed by atoms with E-state index in [9.17, 15) is 0 Å². The van der Waals surface area contributed by atoms with Gasteiger partial charge in [0.15, 0.2) is 0 Å². The average Bonchev–Trinajstić information content (AvgIpc) is 2.08. The first-order valence-electron chi connectivity index (χ1n) is 5.55. The Hall–Kier alpha value is 0.210. The highest BCUT2D eigenvalue weighted by atomic mass is 35.5. The summed E-state index contributed by atoms with van der Waals surface area (Å²) in [4.78, 5) is 0. The number of halogens is 1. The molecule has 0 radical (unpaired) electrons. The van der Waals surface area contributed by atoms with Crippen molar-refractivity contribution in [2.45, 2.75) is 39.0 Å². The van der Waals surface area contributed by atoms with Gasteiger partial charge in [-0.25, -0.2) is 0 Å². The van der Waals surface area contributed by atoms with Gasteiger partial charge in [-0.15, -0.1) is 11.6 Å². The highest BCUT2D eigenvalue weighted by Gasteiger charge is 1.95. The molecule has 0 fully saturated rings. The molecule has 0 bridgehead atoms. The van der Waals surface area contributed by atoms with Crippen molar-refractivity contribution >= 4 is 11.6 Å². The molecule has 0 aliphatic carbocycles. The van der Waals surface area contributed by atoms with E-state index in [0.717, 1.165) is 45.1 Å². The minimum absolute atomic E-state index is 0.268. The first kappa shape index (κ1) is 14.2. The van der Waals surface area contributed by atoms with Gasteiger partial charge in [-0.2, -0.15) is 0 Å². The van der Waals surface area contributed by atoms with E-state index in [2.05, 4.69) is 19.2 Å². The number of ether oxygens (including phenoxy) is 1. The summed E-state index contributed by atoms with van der Waals surface area (Å²) in [5, 5.41) is 3.56. The number of nitrogens with one attached hydrogen (secondary N) is 1. The first-order chi connectivity index (χ1) is 6.63. The molecule has 0 aromatic rings. The predicted molar refractivity (Wildman–Crippen MR) is 63.1 cm³/mol. The summed E-state index contributed by atoms with van der Waals surface area (Å²) in [5.41, 5.74) is 0. The van der Waals surface area contributed by atoms with Gasteiger partial charge in [0.05, 0.1) is 6.61 Å². The second-order valence-corrected chi connectivity index (χ2v) is 4.86. The highest BCUT2D eigenvalue weighted by molar-refractivity contribution is 6.20. The maximum Gasteiger partial charge on any atom is 0.0590 e. The Kier molecular flexibility index (Phi) is 9.90. The van der Waals surface area contributed by atoms with Gasteiger partial charge in [0, 0.05) is 18.5 Å². The minimum atomic E-state index is 0.268. The molecule has 14 heavy (non-hydrogen) atoms. The van der Waals surface area contributed by atoms with Crippen molar-refractivity contribution in [1.82, 2.24) is 5.32 Å². The molecule has 86 valence electrons. The van der Waals surface area contributed by atoms with Crippen LogP contribution >= 0.6 is 11.6 Å². The van der Waals surface area contributed by atoms with Gasteiger partial charge in [-0.3, -0.25) is 0 Å². The third kappa shape index (κ3) is 12.2. The third-order valence-electron chi connectivity index (χ3n) is 1.98. The average molecular weight is 222 g/mol. The lowest BCUT2D eigenvalue weighted by molar-refractivity contribution is 0.125. The summed E-state index contributed by atoms with van der Waals surface area (Å²) in [6.45, 7) is 10.0. The Morgan fingerprint density at radius 2 is 1.79 bits per heavy atom. The van der Waals surface area contributed by atoms with Crippen LogP contribution in [0.4, 0.5) is 0 Å². The normalized spacial score (nSPS) is 13.5. The molecule has 1 atom stereocenters. The molecule has 0 saturated heterocycles. The van der Waals surface area contributed by atoms with Crippen molar-refractivity contribution in [3.63, 3.8) is 0 Å². The van der Waals surface area contributed by atoms with Crippen LogP contribution in [0.3, 0.4) is 0 Å². The van der Waals surface area contributed by atoms with Crippen LogP contribution in [-0.4, -0.2) is 31.7 Å². The molecule has 0 aromatic carbocycles. The third-order valence-corrected chi connectivity index (χ3v) is 2.20. The monoisotopic (exact) mass is 221 g/mol. The van der Waals surface area contributed by atoms with Crippen LogP contribution < -0.4 is 5.32 Å². The topological polar surface area (TPSA) is 21.3 Å². The van der Waals surface area contributed by atoms with Crippen LogP contribution in [0.2, 0.25) is 0 Å². The van der Waals surface area contributed by atoms with Gasteiger partial charge in [0.1, 0.15) is 0 Å². The largest absolute Gasteiger partial charge is 0.380 e. The van der Waals surface area contributed by atoms with Crippen molar-refractivity contribution in [3.05, 3.63) is 0 Å². The van der Waals surface area contributed by atoms with Crippen LogP contribution in [0, 0.1) is 5.92 Å². The summed E-state index contributed by atoms with van der Waals surface area (Å²) >= 11 is 5.80. The van der Waals surface area contributed by atoms with Crippen molar-refractivity contribution in [2.75, 3.05) is 26.3 Å². The van der Waals surface area contributed by atoms with Crippen LogP contribution in [0.25, 0.3) is 0 Å². The molecule has 0 spiro atoms. The molecule has 0 saturated carbocycles. The fourth-order valence-corrected chi connectivity index (χ4v) is 1.10. The molecule has 0 aliphatic rings. The molecule has 1 N–H and O–H groups in total. The minimum Gasteiger partial charge on any atom is -0.380 e. The summed E-state index contributed by atoms with van der Waals surface area (Å²) < 4.78 is 5.46. The standard InChI is InChI=1S/C11H24ClNO/c1-10(2)5-8-14-9-7-13-6-4-11(3)12/h10-11,13H,4-9H2,1-3H3. The number of alkyl halides is 1. The highest BCUT2D eigenvalue weighted by Crippen LogP contribution is 1.98. The van der Waals surface area contributed by atoms with Crippen molar-refractivity contribution in [2.24, 2.45) is 5.92 Å². The summed E-state index contributed by atoms with van der Waals surface area (Å²) in [6, 6.07) is 0. The number of rotatable bonds is 9. The maximum atomic E-state index is 5.80. The van der Waals surface area contributed by atoms with E-state index in [-0.39, 0.29) is 5.38 Å². The second kappa shape index (κ2) is 9.75. The molecule has 3 heteroatoms. The molecule has 0 aromatic heterocycles. The fourth-order valence-electron chi connectivity index (χ4n) is 0.991. The van der Waals surface area contributed by atoms with E-state index >= 15 is 0 Å². The molecule has 0 aliphatic heterocycles. The molecular weight excluding hydrogens is 198 g/mol. The Labute approximate surface area is 93.4 Å². The van der Waals surface area contributed by atoms with Gasteiger partial charge in [0.25, 0.3) is 0 Å². The molecule has 1 unspecified atom stereocenters. The molecule has 0 rings (SSSR count). The van der Waals surface area contributed by atoms with Crippen LogP contribution in [0.15, 0.2) is 0 Å². The van der Waals surface area contributed by atoms with E-state index in [4.69, 9.17) is 16.3 Å². The Morgan fingerprint density at radius 1 is 1.07 bits per heavy atom. The van der Waals surface area contributed by atoms with E-state index < -0.39 is 0 Å². The lowest BCUT2D eigenvalue weighted by Gasteiger charge is -2.08. The van der Waals surface area contributed by atoms with Crippen LogP contribution in [-0.2, 0) is 4.74 Å². The SMILES string of the molecule is CC(C)CCOCCNCCC(C)Cl. The molecular formula is C11H24ClNO. The first-order valence-corrected chi connectivity index (χ1v) is 5.99. The second-order valence-electron chi connectivity index (χ2n) is 4.11. The van der Waals surface area contributed by atoms with Gasteiger partial charge in [-0.1, -0.05) is 13.8 Å².